The molecule has 0 aromatic heterocycles. The average molecular weight is 759 g/mol. The highest BCUT2D eigenvalue weighted by atomic mass is 16.9. The van der Waals surface area contributed by atoms with Gasteiger partial charge in [-0.05, 0) is 38.5 Å². The zero-order valence-electron chi connectivity index (χ0n) is 36.7. The molecule has 0 saturated heterocycles. The van der Waals surface area contributed by atoms with Gasteiger partial charge in [0.25, 0.3) is 11.9 Å². The van der Waals surface area contributed by atoms with Crippen LogP contribution in [0.3, 0.4) is 0 Å². The zero-order chi connectivity index (χ0) is 38.8. The summed E-state index contributed by atoms with van der Waals surface area (Å²) < 4.78 is 44.3. The van der Waals surface area contributed by atoms with Gasteiger partial charge in [0.05, 0.1) is 26.4 Å². The molecule has 53 heavy (non-hydrogen) atoms. The quantitative estimate of drug-likeness (QED) is 0.0452. The molecule has 0 amide bonds. The van der Waals surface area contributed by atoms with Crippen LogP contribution < -0.4 is 0 Å². The van der Waals surface area contributed by atoms with Crippen molar-refractivity contribution in [3.05, 3.63) is 0 Å². The van der Waals surface area contributed by atoms with E-state index < -0.39 is 11.9 Å². The van der Waals surface area contributed by atoms with Gasteiger partial charge in [0.2, 0.25) is 0 Å². The molecule has 0 fully saturated rings. The van der Waals surface area contributed by atoms with Gasteiger partial charge in [-0.25, -0.2) is 0 Å². The number of rotatable bonds is 46. The molecule has 0 saturated carbocycles. The topological polar surface area (TPSA) is 64.6 Å². The molecule has 0 unspecified atom stereocenters. The predicted molar refractivity (Wildman–Crippen MR) is 224 cm³/mol. The van der Waals surface area contributed by atoms with Crippen LogP contribution in [0.1, 0.15) is 247 Å². The highest BCUT2D eigenvalue weighted by Crippen LogP contribution is 2.28. The van der Waals surface area contributed by atoms with Crippen molar-refractivity contribution < 1.29 is 33.2 Å². The van der Waals surface area contributed by atoms with Crippen molar-refractivity contribution in [1.29, 1.82) is 0 Å². The molecular formula is C46H94O7. The minimum atomic E-state index is -1.09. The summed E-state index contributed by atoms with van der Waals surface area (Å²) >= 11 is 0. The molecule has 0 aromatic rings. The maximum Gasteiger partial charge on any atom is 0.284 e. The van der Waals surface area contributed by atoms with E-state index in [1.54, 1.807) is 0 Å². The van der Waals surface area contributed by atoms with Crippen LogP contribution in [0.2, 0.25) is 0 Å². The number of hydrogen-bond donors (Lipinski definition) is 0. The number of ether oxygens (including phenoxy) is 7. The summed E-state index contributed by atoms with van der Waals surface area (Å²) in [5, 5.41) is 0. The molecular weight excluding hydrogens is 664 g/mol. The Morgan fingerprint density at radius 2 is 0.472 bits per heavy atom. The van der Waals surface area contributed by atoms with E-state index in [2.05, 4.69) is 41.5 Å². The first kappa shape index (κ1) is 52.7. The first-order valence-electron chi connectivity index (χ1n) is 23.5. The molecule has 0 radical (unpaired) electrons. The van der Waals surface area contributed by atoms with Crippen molar-refractivity contribution in [2.75, 3.05) is 40.0 Å². The molecule has 0 aliphatic carbocycles. The van der Waals surface area contributed by atoms with Crippen LogP contribution in [0.25, 0.3) is 0 Å². The predicted octanol–water partition coefficient (Wildman–Crippen LogP) is 14.9. The summed E-state index contributed by atoms with van der Waals surface area (Å²) in [6.07, 6.45) is 38.1. The van der Waals surface area contributed by atoms with Crippen LogP contribution in [0.4, 0.5) is 0 Å². The fourth-order valence-corrected chi connectivity index (χ4v) is 6.48. The Morgan fingerprint density at radius 3 is 0.717 bits per heavy atom. The third-order valence-corrected chi connectivity index (χ3v) is 10.2. The van der Waals surface area contributed by atoms with Gasteiger partial charge in [0, 0.05) is 12.8 Å². The minimum absolute atomic E-state index is 0.0225. The summed E-state index contributed by atoms with van der Waals surface area (Å²) in [5.41, 5.74) is 0. The lowest BCUT2D eigenvalue weighted by Gasteiger charge is -2.35. The summed E-state index contributed by atoms with van der Waals surface area (Å²) in [6, 6.07) is 0. The molecule has 0 rings (SSSR count). The van der Waals surface area contributed by atoms with Crippen molar-refractivity contribution in [2.24, 2.45) is 0 Å². The highest BCUT2D eigenvalue weighted by Gasteiger charge is 2.35. The molecule has 0 aliphatic rings. The first-order valence-corrected chi connectivity index (χ1v) is 23.5. The smallest absolute Gasteiger partial charge is 0.284 e. The molecule has 0 heterocycles. The van der Waals surface area contributed by atoms with Gasteiger partial charge in [0.15, 0.2) is 13.6 Å². The second-order valence-corrected chi connectivity index (χ2v) is 15.5. The van der Waals surface area contributed by atoms with E-state index in [0.29, 0.717) is 39.3 Å². The summed E-state index contributed by atoms with van der Waals surface area (Å²) in [5.74, 6) is -2.18. The Kier molecular flexibility index (Phi) is 41.1. The van der Waals surface area contributed by atoms with Crippen LogP contribution >= 0.6 is 0 Å². The third-order valence-electron chi connectivity index (χ3n) is 10.2. The minimum Gasteiger partial charge on any atom is -0.329 e. The van der Waals surface area contributed by atoms with E-state index in [4.69, 9.17) is 33.2 Å². The first-order chi connectivity index (χ1) is 26.1. The number of hydrogen-bond acceptors (Lipinski definition) is 7. The Balaban J connectivity index is 5.13. The van der Waals surface area contributed by atoms with Gasteiger partial charge in [-0.2, -0.15) is 0 Å². The highest BCUT2D eigenvalue weighted by molar-refractivity contribution is 4.62. The molecule has 7 nitrogen and oxygen atoms in total. The lowest BCUT2D eigenvalue weighted by Crippen LogP contribution is -2.42. The van der Waals surface area contributed by atoms with E-state index in [1.165, 1.54) is 116 Å². The maximum absolute atomic E-state index is 6.39. The SMILES string of the molecule is CCCCCCCCCCCCCC(OCCCC)(OCCCC)OCOCOC(CCCCCCCCCCCCC)(OCCCC)OCCCC. The average Bonchev–Trinajstić information content (AvgIpc) is 3.16. The summed E-state index contributed by atoms with van der Waals surface area (Å²) in [7, 11) is 0. The third kappa shape index (κ3) is 33.6. The van der Waals surface area contributed by atoms with Gasteiger partial charge in [-0.1, -0.05) is 196 Å². The molecule has 320 valence electrons. The lowest BCUT2D eigenvalue weighted by atomic mass is 10.0. The van der Waals surface area contributed by atoms with E-state index in [-0.39, 0.29) is 13.6 Å². The van der Waals surface area contributed by atoms with E-state index in [0.717, 1.165) is 77.0 Å². The molecule has 7 heteroatoms. The Morgan fingerprint density at radius 1 is 0.245 bits per heavy atom. The van der Waals surface area contributed by atoms with Crippen LogP contribution in [0.15, 0.2) is 0 Å². The van der Waals surface area contributed by atoms with Gasteiger partial charge >= 0.3 is 0 Å². The fourth-order valence-electron chi connectivity index (χ4n) is 6.48. The standard InChI is InChI=1S/C46H94O7/c1-7-13-19-21-23-25-27-29-31-33-35-37-45(48-39-15-9-3,49-40-16-10-4)52-43-47-44-53-46(50-41-17-11-5,51-42-18-12-6)38-36-34-32-30-28-26-24-22-20-14-8-2/h7-44H2,1-6H3. The summed E-state index contributed by atoms with van der Waals surface area (Å²) in [4.78, 5) is 0. The fraction of sp³-hybridized carbons (Fsp3) is 1.00. The summed E-state index contributed by atoms with van der Waals surface area (Å²) in [6.45, 7) is 15.8. The Hall–Kier alpha value is -0.280. The van der Waals surface area contributed by atoms with Crippen LogP contribution in [-0.4, -0.2) is 52.0 Å². The molecule has 0 aliphatic heterocycles. The van der Waals surface area contributed by atoms with Crippen molar-refractivity contribution >= 4 is 0 Å². The van der Waals surface area contributed by atoms with Gasteiger partial charge in [-0.3, -0.25) is 0 Å². The molecule has 0 aromatic carbocycles. The Bertz CT molecular complexity index is 615. The second-order valence-electron chi connectivity index (χ2n) is 15.5. The lowest BCUT2D eigenvalue weighted by molar-refractivity contribution is -0.425. The van der Waals surface area contributed by atoms with Crippen molar-refractivity contribution in [3.63, 3.8) is 0 Å². The van der Waals surface area contributed by atoms with Crippen LogP contribution in [0.5, 0.6) is 0 Å². The zero-order valence-corrected chi connectivity index (χ0v) is 36.7. The van der Waals surface area contributed by atoms with Gasteiger partial charge in [0.1, 0.15) is 0 Å². The Labute approximate surface area is 331 Å². The second kappa shape index (κ2) is 41.4. The largest absolute Gasteiger partial charge is 0.329 e. The van der Waals surface area contributed by atoms with E-state index in [9.17, 15) is 0 Å². The van der Waals surface area contributed by atoms with Crippen LogP contribution in [0, 0.1) is 0 Å². The molecule has 0 atom stereocenters. The maximum atomic E-state index is 6.39. The monoisotopic (exact) mass is 759 g/mol. The molecule has 0 N–H and O–H groups in total. The van der Waals surface area contributed by atoms with E-state index in [1.807, 2.05) is 0 Å². The van der Waals surface area contributed by atoms with E-state index >= 15 is 0 Å². The van der Waals surface area contributed by atoms with Gasteiger partial charge < -0.3 is 33.2 Å². The van der Waals surface area contributed by atoms with Crippen molar-refractivity contribution in [1.82, 2.24) is 0 Å². The number of unbranched alkanes of at least 4 members (excludes halogenated alkanes) is 24. The normalized spacial score (nSPS) is 12.3. The van der Waals surface area contributed by atoms with Crippen molar-refractivity contribution in [3.8, 4) is 0 Å². The van der Waals surface area contributed by atoms with Crippen LogP contribution in [-0.2, 0) is 33.2 Å². The van der Waals surface area contributed by atoms with Crippen molar-refractivity contribution in [2.45, 2.75) is 259 Å². The molecule has 0 spiro atoms. The molecule has 0 bridgehead atoms. The van der Waals surface area contributed by atoms with Gasteiger partial charge in [-0.15, -0.1) is 0 Å².